The Hall–Kier alpha value is -3.29. The number of hydrogen-bond donors (Lipinski definition) is 0. The molecule has 0 bridgehead atoms. The predicted molar refractivity (Wildman–Crippen MR) is 109 cm³/mol. The number of fused-ring (bicyclic) bond motifs is 1. The van der Waals surface area contributed by atoms with Crippen molar-refractivity contribution in [3.05, 3.63) is 95.2 Å². The second-order valence-electron chi connectivity index (χ2n) is 6.75. The Morgan fingerprint density at radius 2 is 1.78 bits per heavy atom. The molecule has 0 saturated heterocycles. The topological polar surface area (TPSA) is 49.6 Å². The minimum atomic E-state index is -0.177. The van der Waals surface area contributed by atoms with Crippen LogP contribution in [0.1, 0.15) is 22.4 Å². The Morgan fingerprint density at radius 1 is 0.963 bits per heavy atom. The van der Waals surface area contributed by atoms with Crippen molar-refractivity contribution >= 4 is 21.7 Å². The van der Waals surface area contributed by atoms with Crippen molar-refractivity contribution in [1.29, 1.82) is 5.26 Å². The number of nitrogens with zero attached hydrogens (tertiary/aromatic N) is 3. The van der Waals surface area contributed by atoms with Gasteiger partial charge in [0.1, 0.15) is 15.4 Å². The lowest BCUT2D eigenvalue weighted by molar-refractivity contribution is 0.887. The fourth-order valence-corrected chi connectivity index (χ4v) is 4.47. The van der Waals surface area contributed by atoms with Gasteiger partial charge in [0.2, 0.25) is 0 Å². The SMILES string of the molecule is Cc1cc(C#N)ccc1-c1nc2ccc(C3(c4ccccc4)C=C3)nc2s1. The number of aryl methyl sites for hydroxylation is 1. The van der Waals surface area contributed by atoms with Crippen molar-refractivity contribution in [3.63, 3.8) is 0 Å². The highest BCUT2D eigenvalue weighted by atomic mass is 32.1. The van der Waals surface area contributed by atoms with Crippen LogP contribution in [-0.2, 0) is 5.41 Å². The van der Waals surface area contributed by atoms with E-state index in [1.807, 2.05) is 31.2 Å². The van der Waals surface area contributed by atoms with Crippen LogP contribution in [0.15, 0.2) is 72.8 Å². The lowest BCUT2D eigenvalue weighted by Crippen LogP contribution is -2.12. The molecule has 4 heteroatoms. The van der Waals surface area contributed by atoms with Gasteiger partial charge in [0, 0.05) is 5.56 Å². The average Bonchev–Trinajstić information content (AvgIpc) is 3.41. The molecular weight excluding hydrogens is 350 g/mol. The molecule has 2 heterocycles. The van der Waals surface area contributed by atoms with Crippen LogP contribution in [0.25, 0.3) is 20.9 Å². The highest BCUT2D eigenvalue weighted by Gasteiger charge is 2.39. The van der Waals surface area contributed by atoms with Gasteiger partial charge in [-0.05, 0) is 42.3 Å². The maximum Gasteiger partial charge on any atom is 0.144 e. The quantitative estimate of drug-likeness (QED) is 0.457. The second-order valence-corrected chi connectivity index (χ2v) is 7.73. The summed E-state index contributed by atoms with van der Waals surface area (Å²) in [5.74, 6) is 0. The first-order chi connectivity index (χ1) is 13.2. The molecule has 128 valence electrons. The largest absolute Gasteiger partial charge is 0.239 e. The Labute approximate surface area is 161 Å². The molecule has 0 amide bonds. The Morgan fingerprint density at radius 3 is 2.48 bits per heavy atom. The zero-order valence-corrected chi connectivity index (χ0v) is 15.5. The van der Waals surface area contributed by atoms with Gasteiger partial charge in [0.25, 0.3) is 0 Å². The lowest BCUT2D eigenvalue weighted by atomic mass is 9.89. The number of rotatable bonds is 3. The zero-order chi connectivity index (χ0) is 18.4. The molecule has 5 rings (SSSR count). The first-order valence-electron chi connectivity index (χ1n) is 8.75. The molecule has 0 N–H and O–H groups in total. The van der Waals surface area contributed by atoms with E-state index in [0.717, 1.165) is 32.2 Å². The summed E-state index contributed by atoms with van der Waals surface area (Å²) in [4.78, 5) is 10.6. The van der Waals surface area contributed by atoms with E-state index < -0.39 is 0 Å². The Kier molecular flexibility index (Phi) is 3.46. The molecule has 0 fully saturated rings. The fourth-order valence-electron chi connectivity index (χ4n) is 3.44. The van der Waals surface area contributed by atoms with E-state index in [-0.39, 0.29) is 5.41 Å². The van der Waals surface area contributed by atoms with Crippen molar-refractivity contribution in [1.82, 2.24) is 9.97 Å². The van der Waals surface area contributed by atoms with E-state index in [9.17, 15) is 0 Å². The molecule has 0 radical (unpaired) electrons. The fraction of sp³-hybridized carbons (Fsp3) is 0.0870. The summed E-state index contributed by atoms with van der Waals surface area (Å²) in [5.41, 5.74) is 5.79. The second kappa shape index (κ2) is 5.87. The number of aromatic nitrogens is 2. The maximum atomic E-state index is 9.07. The summed E-state index contributed by atoms with van der Waals surface area (Å²) in [6.45, 7) is 2.01. The molecule has 0 aliphatic heterocycles. The van der Waals surface area contributed by atoms with E-state index >= 15 is 0 Å². The van der Waals surface area contributed by atoms with Crippen LogP contribution in [0.5, 0.6) is 0 Å². The van der Waals surface area contributed by atoms with Gasteiger partial charge in [-0.25, -0.2) is 9.97 Å². The van der Waals surface area contributed by atoms with Crippen molar-refractivity contribution in [2.45, 2.75) is 12.3 Å². The monoisotopic (exact) mass is 365 g/mol. The molecule has 0 spiro atoms. The molecule has 0 saturated carbocycles. The van der Waals surface area contributed by atoms with Crippen LogP contribution in [0.3, 0.4) is 0 Å². The molecule has 2 aromatic carbocycles. The number of pyridine rings is 1. The summed E-state index contributed by atoms with van der Waals surface area (Å²) in [5, 5.41) is 10.0. The molecule has 4 aromatic rings. The average molecular weight is 365 g/mol. The Balaban J connectivity index is 1.58. The van der Waals surface area contributed by atoms with E-state index in [4.69, 9.17) is 15.2 Å². The third-order valence-corrected chi connectivity index (χ3v) is 6.02. The minimum absolute atomic E-state index is 0.177. The summed E-state index contributed by atoms with van der Waals surface area (Å²) in [7, 11) is 0. The third-order valence-electron chi connectivity index (χ3n) is 5.02. The van der Waals surface area contributed by atoms with Gasteiger partial charge in [-0.15, -0.1) is 0 Å². The van der Waals surface area contributed by atoms with E-state index in [0.29, 0.717) is 5.56 Å². The van der Waals surface area contributed by atoms with Gasteiger partial charge in [-0.2, -0.15) is 5.26 Å². The normalized spacial score (nSPS) is 14.2. The maximum absolute atomic E-state index is 9.07. The number of thiazole rings is 1. The number of hydrogen-bond acceptors (Lipinski definition) is 4. The molecule has 0 atom stereocenters. The van der Waals surface area contributed by atoms with Crippen molar-refractivity contribution in [2.75, 3.05) is 0 Å². The van der Waals surface area contributed by atoms with Crippen molar-refractivity contribution < 1.29 is 0 Å². The standard InChI is InChI=1S/C23H15N3S/c1-15-13-16(14-24)7-8-18(15)21-25-19-9-10-20(26-22(19)27-21)23(11-12-23)17-5-3-2-4-6-17/h2-13H,1H3. The Bertz CT molecular complexity index is 1240. The van der Waals surface area contributed by atoms with Gasteiger partial charge in [0.15, 0.2) is 0 Å². The number of allylic oxidation sites excluding steroid dienone is 2. The first-order valence-corrected chi connectivity index (χ1v) is 9.56. The van der Waals surface area contributed by atoms with Gasteiger partial charge < -0.3 is 0 Å². The van der Waals surface area contributed by atoms with E-state index in [1.165, 1.54) is 5.56 Å². The molecule has 1 aliphatic rings. The summed E-state index contributed by atoms with van der Waals surface area (Å²) < 4.78 is 0. The van der Waals surface area contributed by atoms with E-state index in [2.05, 4.69) is 54.6 Å². The van der Waals surface area contributed by atoms with Crippen LogP contribution in [0.2, 0.25) is 0 Å². The number of nitriles is 1. The first kappa shape index (κ1) is 15.9. The van der Waals surface area contributed by atoms with Crippen LogP contribution < -0.4 is 0 Å². The van der Waals surface area contributed by atoms with Crippen LogP contribution in [0.4, 0.5) is 0 Å². The van der Waals surface area contributed by atoms with Gasteiger partial charge >= 0.3 is 0 Å². The molecule has 1 aliphatic carbocycles. The van der Waals surface area contributed by atoms with Crippen molar-refractivity contribution in [2.24, 2.45) is 0 Å². The van der Waals surface area contributed by atoms with Gasteiger partial charge in [-0.1, -0.05) is 59.9 Å². The number of benzene rings is 2. The summed E-state index contributed by atoms with van der Waals surface area (Å²) >= 11 is 1.60. The van der Waals surface area contributed by atoms with Gasteiger partial charge in [0.05, 0.1) is 22.7 Å². The lowest BCUT2D eigenvalue weighted by Gasteiger charge is -2.15. The molecular formula is C23H15N3S. The van der Waals surface area contributed by atoms with Crippen molar-refractivity contribution in [3.8, 4) is 16.6 Å². The van der Waals surface area contributed by atoms with Crippen LogP contribution >= 0.6 is 11.3 Å². The highest BCUT2D eigenvalue weighted by molar-refractivity contribution is 7.21. The van der Waals surface area contributed by atoms with Crippen LogP contribution in [0, 0.1) is 18.3 Å². The summed E-state index contributed by atoms with van der Waals surface area (Å²) in [6, 6.07) is 22.5. The van der Waals surface area contributed by atoms with Gasteiger partial charge in [-0.3, -0.25) is 0 Å². The molecule has 0 unspecified atom stereocenters. The summed E-state index contributed by atoms with van der Waals surface area (Å²) in [6.07, 6.45) is 4.40. The van der Waals surface area contributed by atoms with Crippen LogP contribution in [-0.4, -0.2) is 9.97 Å². The predicted octanol–water partition coefficient (Wildman–Crippen LogP) is 5.39. The zero-order valence-electron chi connectivity index (χ0n) is 14.7. The molecule has 2 aromatic heterocycles. The third kappa shape index (κ3) is 2.56. The molecule has 27 heavy (non-hydrogen) atoms. The minimum Gasteiger partial charge on any atom is -0.239 e. The van der Waals surface area contributed by atoms with E-state index in [1.54, 1.807) is 11.3 Å². The smallest absolute Gasteiger partial charge is 0.144 e. The molecule has 3 nitrogen and oxygen atoms in total. The highest BCUT2D eigenvalue weighted by Crippen LogP contribution is 2.45.